The molecular weight excluding hydrogens is 224 g/mol. The summed E-state index contributed by atoms with van der Waals surface area (Å²) in [4.78, 5) is 11.5. The van der Waals surface area contributed by atoms with Crippen LogP contribution in [0.2, 0.25) is 0 Å². The molecule has 86 valence electrons. The van der Waals surface area contributed by atoms with Crippen molar-refractivity contribution >= 4 is 24.6 Å². The van der Waals surface area contributed by atoms with Gasteiger partial charge in [-0.05, 0) is 17.7 Å². The van der Waals surface area contributed by atoms with Gasteiger partial charge in [-0.3, -0.25) is 10.2 Å². The zero-order chi connectivity index (χ0) is 12.0. The summed E-state index contributed by atoms with van der Waals surface area (Å²) in [6, 6.07) is 5.22. The van der Waals surface area contributed by atoms with Gasteiger partial charge in [-0.1, -0.05) is 18.2 Å². The van der Waals surface area contributed by atoms with Crippen molar-refractivity contribution in [2.45, 2.75) is 0 Å². The van der Waals surface area contributed by atoms with Crippen LogP contribution in [0.4, 0.5) is 0 Å². The number of carbonyl (C=O) groups excluding carboxylic acids is 1. The summed E-state index contributed by atoms with van der Waals surface area (Å²) in [6.07, 6.45) is 3.66. The molecule has 0 atom stereocenters. The molecule has 1 amide bonds. The smallest absolute Gasteiger partial charge is 0.265 e. The largest absolute Gasteiger partial charge is 0.497 e. The Morgan fingerprint density at radius 3 is 2.94 bits per heavy atom. The Morgan fingerprint density at radius 1 is 1.62 bits per heavy atom. The lowest BCUT2D eigenvalue weighted by molar-refractivity contribution is 0.0953. The molecule has 4 nitrogen and oxygen atoms in total. The van der Waals surface area contributed by atoms with Gasteiger partial charge < -0.3 is 4.74 Å². The second-order valence-corrected chi connectivity index (χ2v) is 3.38. The second-order valence-electron chi connectivity index (χ2n) is 3.01. The van der Waals surface area contributed by atoms with Gasteiger partial charge in [0.2, 0.25) is 0 Å². The Hall–Kier alpha value is -1.46. The molecule has 0 aliphatic rings. The highest BCUT2D eigenvalue weighted by molar-refractivity contribution is 7.80. The first-order chi connectivity index (χ1) is 7.72. The lowest BCUT2D eigenvalue weighted by atomic mass is 10.1. The molecule has 16 heavy (non-hydrogen) atoms. The normalized spacial score (nSPS) is 10.4. The number of rotatable bonds is 4. The maximum atomic E-state index is 11.5. The van der Waals surface area contributed by atoms with Crippen LogP contribution in [-0.4, -0.2) is 18.8 Å². The van der Waals surface area contributed by atoms with Crippen molar-refractivity contribution in [2.75, 3.05) is 12.9 Å². The Bertz CT molecular complexity index is 405. The van der Waals surface area contributed by atoms with E-state index in [9.17, 15) is 4.79 Å². The van der Waals surface area contributed by atoms with Gasteiger partial charge in [0.15, 0.2) is 0 Å². The molecule has 0 saturated carbocycles. The standard InChI is InChI=1S/C11H14N2O2S/c1-15-9-5-4-8(3-2-6-16)10(7-9)11(14)13-12/h2-5,7,16H,6,12H2,1H3,(H,13,14). The molecule has 0 radical (unpaired) electrons. The first kappa shape index (κ1) is 12.6. The average molecular weight is 238 g/mol. The summed E-state index contributed by atoms with van der Waals surface area (Å²) in [6.45, 7) is 0. The highest BCUT2D eigenvalue weighted by Crippen LogP contribution is 2.18. The van der Waals surface area contributed by atoms with Crippen LogP contribution in [0.5, 0.6) is 5.75 Å². The summed E-state index contributed by atoms with van der Waals surface area (Å²) >= 11 is 4.06. The molecule has 0 bridgehead atoms. The Kier molecular flexibility index (Phi) is 4.88. The lowest BCUT2D eigenvalue weighted by Gasteiger charge is -2.07. The fourth-order valence-electron chi connectivity index (χ4n) is 1.26. The van der Waals surface area contributed by atoms with Crippen molar-refractivity contribution < 1.29 is 9.53 Å². The molecule has 5 heteroatoms. The number of nitrogen functional groups attached to an aromatic ring is 1. The fourth-order valence-corrected chi connectivity index (χ4v) is 1.37. The first-order valence-corrected chi connectivity index (χ1v) is 5.32. The van der Waals surface area contributed by atoms with E-state index in [2.05, 4.69) is 18.1 Å². The molecule has 0 spiro atoms. The maximum Gasteiger partial charge on any atom is 0.265 e. The van der Waals surface area contributed by atoms with Crippen molar-refractivity contribution in [1.29, 1.82) is 0 Å². The second kappa shape index (κ2) is 6.19. The SMILES string of the molecule is COc1ccc(C=CCS)c(C(=O)NN)c1. The van der Waals surface area contributed by atoms with Crippen LogP contribution >= 0.6 is 12.6 Å². The highest BCUT2D eigenvalue weighted by Gasteiger charge is 2.09. The predicted molar refractivity (Wildman–Crippen MR) is 67.5 cm³/mol. The summed E-state index contributed by atoms with van der Waals surface area (Å²) in [5.74, 6) is 5.98. The minimum atomic E-state index is -0.349. The van der Waals surface area contributed by atoms with Crippen LogP contribution in [0.15, 0.2) is 24.3 Å². The molecule has 1 rings (SSSR count). The van der Waals surface area contributed by atoms with Gasteiger partial charge in [-0.25, -0.2) is 5.84 Å². The lowest BCUT2D eigenvalue weighted by Crippen LogP contribution is -2.30. The van der Waals surface area contributed by atoms with Crippen molar-refractivity contribution in [1.82, 2.24) is 5.43 Å². The first-order valence-electron chi connectivity index (χ1n) is 4.69. The number of hydrogen-bond acceptors (Lipinski definition) is 4. The van der Waals surface area contributed by atoms with Crippen LogP contribution in [-0.2, 0) is 0 Å². The Balaban J connectivity index is 3.16. The van der Waals surface area contributed by atoms with Crippen LogP contribution in [0, 0.1) is 0 Å². The molecule has 0 saturated heterocycles. The molecular formula is C11H14N2O2S. The van der Waals surface area contributed by atoms with Crippen molar-refractivity contribution in [2.24, 2.45) is 5.84 Å². The van der Waals surface area contributed by atoms with E-state index in [1.165, 1.54) is 0 Å². The molecule has 0 unspecified atom stereocenters. The summed E-state index contributed by atoms with van der Waals surface area (Å²) < 4.78 is 5.05. The highest BCUT2D eigenvalue weighted by atomic mass is 32.1. The Labute approximate surface area is 99.9 Å². The summed E-state index contributed by atoms with van der Waals surface area (Å²) in [5, 5.41) is 0. The number of amides is 1. The molecule has 0 heterocycles. The number of hydrazine groups is 1. The Morgan fingerprint density at radius 2 is 2.38 bits per heavy atom. The van der Waals surface area contributed by atoms with Crippen LogP contribution in [0.3, 0.4) is 0 Å². The third-order valence-corrected chi connectivity index (χ3v) is 2.25. The van der Waals surface area contributed by atoms with Gasteiger partial charge in [-0.15, -0.1) is 0 Å². The molecule has 0 aliphatic heterocycles. The van der Waals surface area contributed by atoms with Gasteiger partial charge in [0.25, 0.3) is 5.91 Å². The summed E-state index contributed by atoms with van der Waals surface area (Å²) in [7, 11) is 1.54. The van der Waals surface area contributed by atoms with E-state index < -0.39 is 0 Å². The van der Waals surface area contributed by atoms with E-state index in [4.69, 9.17) is 10.6 Å². The number of nitrogens with two attached hydrogens (primary N) is 1. The van der Waals surface area contributed by atoms with Crippen molar-refractivity contribution in [3.05, 3.63) is 35.4 Å². The van der Waals surface area contributed by atoms with Crippen LogP contribution in [0.1, 0.15) is 15.9 Å². The fraction of sp³-hybridized carbons (Fsp3) is 0.182. The van der Waals surface area contributed by atoms with E-state index in [1.54, 1.807) is 25.3 Å². The predicted octanol–water partition coefficient (Wildman–Crippen LogP) is 1.24. The molecule has 0 aromatic heterocycles. The van der Waals surface area contributed by atoms with Crippen molar-refractivity contribution in [3.8, 4) is 5.75 Å². The maximum absolute atomic E-state index is 11.5. The van der Waals surface area contributed by atoms with Crippen molar-refractivity contribution in [3.63, 3.8) is 0 Å². The topological polar surface area (TPSA) is 64.3 Å². The molecule has 0 fully saturated rings. The number of benzene rings is 1. The number of thiol groups is 1. The molecule has 0 aliphatic carbocycles. The third kappa shape index (κ3) is 3.01. The molecule has 1 aromatic carbocycles. The van der Waals surface area contributed by atoms with Gasteiger partial charge in [0.05, 0.1) is 12.7 Å². The van der Waals surface area contributed by atoms with Gasteiger partial charge in [0.1, 0.15) is 5.75 Å². The van der Waals surface area contributed by atoms with E-state index in [0.717, 1.165) is 5.56 Å². The quantitative estimate of drug-likeness (QED) is 0.320. The van der Waals surface area contributed by atoms with Gasteiger partial charge >= 0.3 is 0 Å². The zero-order valence-corrected chi connectivity index (χ0v) is 9.83. The van der Waals surface area contributed by atoms with E-state index >= 15 is 0 Å². The van der Waals surface area contributed by atoms with E-state index in [1.807, 2.05) is 12.2 Å². The average Bonchev–Trinajstić information content (AvgIpc) is 2.35. The number of carbonyl (C=O) groups is 1. The number of hydrogen-bond donors (Lipinski definition) is 3. The summed E-state index contributed by atoms with van der Waals surface area (Å²) in [5.41, 5.74) is 3.35. The number of ether oxygens (including phenoxy) is 1. The van der Waals surface area contributed by atoms with Gasteiger partial charge in [0, 0.05) is 5.75 Å². The third-order valence-electron chi connectivity index (χ3n) is 2.04. The minimum absolute atomic E-state index is 0.349. The zero-order valence-electron chi connectivity index (χ0n) is 8.93. The number of nitrogens with one attached hydrogen (secondary N) is 1. The monoisotopic (exact) mass is 238 g/mol. The van der Waals surface area contributed by atoms with Crippen LogP contribution in [0.25, 0.3) is 6.08 Å². The molecule has 3 N–H and O–H groups in total. The van der Waals surface area contributed by atoms with Crippen LogP contribution < -0.4 is 16.0 Å². The van der Waals surface area contributed by atoms with E-state index in [-0.39, 0.29) is 5.91 Å². The van der Waals surface area contributed by atoms with Gasteiger partial charge in [-0.2, -0.15) is 12.6 Å². The molecule has 1 aromatic rings. The minimum Gasteiger partial charge on any atom is -0.497 e. The van der Waals surface area contributed by atoms with E-state index in [0.29, 0.717) is 17.1 Å². The number of methoxy groups -OCH3 is 1.